The van der Waals surface area contributed by atoms with Crippen molar-refractivity contribution in [2.24, 2.45) is 0 Å². The van der Waals surface area contributed by atoms with Crippen LogP contribution in [-0.2, 0) is 9.53 Å². The highest BCUT2D eigenvalue weighted by atomic mass is 35.5. The molecule has 1 amide bonds. The van der Waals surface area contributed by atoms with Crippen LogP contribution >= 0.6 is 11.6 Å². The summed E-state index contributed by atoms with van der Waals surface area (Å²) >= 11 is 5.23. The molecule has 2 N–H and O–H groups in total. The third-order valence-corrected chi connectivity index (χ3v) is 3.35. The number of allylic oxidation sites excluding steroid dienone is 3. The van der Waals surface area contributed by atoms with Crippen LogP contribution in [-0.4, -0.2) is 24.0 Å². The molecule has 28 heavy (non-hydrogen) atoms. The fraction of sp³-hybridized carbons (Fsp3) is 0.143. The van der Waals surface area contributed by atoms with E-state index in [0.29, 0.717) is 13.0 Å². The van der Waals surface area contributed by atoms with Gasteiger partial charge in [0.15, 0.2) is 6.61 Å². The molecule has 0 aliphatic rings. The molecule has 0 saturated heterocycles. The molecule has 1 aromatic heterocycles. The van der Waals surface area contributed by atoms with Gasteiger partial charge in [0.05, 0.1) is 0 Å². The summed E-state index contributed by atoms with van der Waals surface area (Å²) in [4.78, 5) is 15.9. The molecule has 1 aromatic rings. The maximum Gasteiger partial charge on any atom is 0.257 e. The smallest absolute Gasteiger partial charge is 0.257 e. The fourth-order valence-corrected chi connectivity index (χ4v) is 1.92. The first kappa shape index (κ1) is 22.9. The van der Waals surface area contributed by atoms with Crippen molar-refractivity contribution in [2.45, 2.75) is 6.42 Å². The molecule has 0 unspecified atom stereocenters. The minimum absolute atomic E-state index is 0.108. The van der Waals surface area contributed by atoms with Crippen molar-refractivity contribution in [1.82, 2.24) is 10.3 Å². The predicted molar refractivity (Wildman–Crippen MR) is 112 cm³/mol. The van der Waals surface area contributed by atoms with E-state index in [0.717, 1.165) is 23.0 Å². The Kier molecular flexibility index (Phi) is 11.5. The SMILES string of the molecule is C=C/C(=C\C(F)=C\Cl)OCC(=O)NCCC(=C)Nc1cccccnccc1. The summed E-state index contributed by atoms with van der Waals surface area (Å²) in [5.74, 6) is -0.934. The zero-order valence-corrected chi connectivity index (χ0v) is 16.2. The lowest BCUT2D eigenvalue weighted by Crippen LogP contribution is -2.28. The predicted octanol–water partition coefficient (Wildman–Crippen LogP) is 4.77. The number of aromatic nitrogens is 1. The minimum atomic E-state index is -0.694. The Hall–Kier alpha value is -3.12. The molecule has 1 rings (SSSR count). The Balaban J connectivity index is 2.43. The third kappa shape index (κ3) is 10.8. The van der Waals surface area contributed by atoms with Gasteiger partial charge in [0, 0.05) is 48.4 Å². The maximum atomic E-state index is 13.1. The van der Waals surface area contributed by atoms with Crippen LogP contribution in [0.15, 0.2) is 96.9 Å². The minimum Gasteiger partial charge on any atom is -0.484 e. The van der Waals surface area contributed by atoms with Crippen LogP contribution in [0.2, 0.25) is 0 Å². The zero-order chi connectivity index (χ0) is 20.6. The molecule has 0 atom stereocenters. The summed E-state index contributed by atoms with van der Waals surface area (Å²) in [7, 11) is 0. The summed E-state index contributed by atoms with van der Waals surface area (Å²) < 4.78 is 18.2. The topological polar surface area (TPSA) is 63.2 Å². The van der Waals surface area contributed by atoms with Crippen LogP contribution in [0.3, 0.4) is 0 Å². The summed E-state index contributed by atoms with van der Waals surface area (Å²) in [5, 5.41) is 5.87. The first-order valence-corrected chi connectivity index (χ1v) is 8.86. The van der Waals surface area contributed by atoms with E-state index in [-0.39, 0.29) is 18.3 Å². The van der Waals surface area contributed by atoms with Crippen LogP contribution < -0.4 is 10.6 Å². The number of halogens is 2. The van der Waals surface area contributed by atoms with Gasteiger partial charge in [-0.2, -0.15) is 0 Å². The van der Waals surface area contributed by atoms with Gasteiger partial charge < -0.3 is 15.4 Å². The van der Waals surface area contributed by atoms with Crippen molar-refractivity contribution in [3.8, 4) is 0 Å². The average molecular weight is 404 g/mol. The fourth-order valence-electron chi connectivity index (χ4n) is 1.85. The quantitative estimate of drug-likeness (QED) is 0.436. The largest absolute Gasteiger partial charge is 0.484 e. The van der Waals surface area contributed by atoms with Crippen LogP contribution in [0.1, 0.15) is 6.42 Å². The van der Waals surface area contributed by atoms with Crippen molar-refractivity contribution in [1.29, 1.82) is 0 Å². The van der Waals surface area contributed by atoms with Crippen molar-refractivity contribution >= 4 is 23.2 Å². The van der Waals surface area contributed by atoms with Gasteiger partial charge in [-0.1, -0.05) is 36.9 Å². The molecule has 0 saturated carbocycles. The zero-order valence-electron chi connectivity index (χ0n) is 15.4. The van der Waals surface area contributed by atoms with Crippen LogP contribution in [0.4, 0.5) is 10.1 Å². The van der Waals surface area contributed by atoms with E-state index >= 15 is 0 Å². The number of anilines is 1. The van der Waals surface area contributed by atoms with E-state index in [4.69, 9.17) is 16.3 Å². The van der Waals surface area contributed by atoms with Gasteiger partial charge >= 0.3 is 0 Å². The normalized spacial score (nSPS) is 11.1. The highest BCUT2D eigenvalue weighted by Gasteiger charge is 2.04. The summed E-state index contributed by atoms with van der Waals surface area (Å²) in [6, 6.07) is 11.1. The first-order valence-electron chi connectivity index (χ1n) is 8.43. The molecular formula is C21H23ClFN3O2. The van der Waals surface area contributed by atoms with Gasteiger partial charge in [0.1, 0.15) is 11.6 Å². The van der Waals surface area contributed by atoms with Gasteiger partial charge in [0.2, 0.25) is 0 Å². The lowest BCUT2D eigenvalue weighted by Gasteiger charge is -2.10. The Labute approximate surface area is 169 Å². The highest BCUT2D eigenvalue weighted by Crippen LogP contribution is 2.09. The van der Waals surface area contributed by atoms with E-state index < -0.39 is 5.83 Å². The number of hydrogen-bond donors (Lipinski definition) is 2. The van der Waals surface area contributed by atoms with Crippen molar-refractivity contribution < 1.29 is 13.9 Å². The summed E-state index contributed by atoms with van der Waals surface area (Å²) in [6.45, 7) is 7.53. The molecule has 148 valence electrons. The Morgan fingerprint density at radius 2 is 2.00 bits per heavy atom. The second kappa shape index (κ2) is 14.0. The van der Waals surface area contributed by atoms with Crippen molar-refractivity contribution in [3.63, 3.8) is 0 Å². The first-order chi connectivity index (χ1) is 13.5. The molecule has 7 heteroatoms. The summed E-state index contributed by atoms with van der Waals surface area (Å²) in [6.07, 6.45) is 6.21. The molecular weight excluding hydrogens is 381 g/mol. The van der Waals surface area contributed by atoms with E-state index in [1.165, 1.54) is 6.08 Å². The number of hydrogen-bond acceptors (Lipinski definition) is 4. The molecule has 0 bridgehead atoms. The van der Waals surface area contributed by atoms with E-state index in [1.807, 2.05) is 36.4 Å². The molecule has 0 fully saturated rings. The number of amides is 1. The molecule has 0 spiro atoms. The van der Waals surface area contributed by atoms with Crippen LogP contribution in [0, 0.1) is 0 Å². The van der Waals surface area contributed by atoms with Crippen LogP contribution in [0.25, 0.3) is 0 Å². The van der Waals surface area contributed by atoms with E-state index in [1.54, 1.807) is 12.4 Å². The Morgan fingerprint density at radius 3 is 2.75 bits per heavy atom. The second-order valence-corrected chi connectivity index (χ2v) is 5.59. The standard InChI is InChI=1S/C21H23ClFN3O2/c1-3-20(14-18(23)15-22)28-16-21(27)25-13-10-17(2)26-19-8-5-4-6-11-24-12-7-9-19/h3-9,11-12,14-15,26H,1-2,10,13,16H2,(H,25,27)/b5-4?,6-4?,8-5?,9-7?,11-6?,12-7?,18-15-,19-8?,19-9?,20-14+,24-11?,24-12?. The number of nitrogens with zero attached hydrogens (tertiary/aromatic N) is 1. The van der Waals surface area contributed by atoms with Gasteiger partial charge in [-0.15, -0.1) is 0 Å². The second-order valence-electron chi connectivity index (χ2n) is 5.37. The van der Waals surface area contributed by atoms with Gasteiger partial charge in [0.25, 0.3) is 5.91 Å². The molecule has 0 aromatic carbocycles. The molecule has 5 nitrogen and oxygen atoms in total. The highest BCUT2D eigenvalue weighted by molar-refractivity contribution is 6.25. The lowest BCUT2D eigenvalue weighted by atomic mass is 10.3. The van der Waals surface area contributed by atoms with E-state index in [2.05, 4.69) is 28.8 Å². The number of nitrogens with one attached hydrogen (secondary N) is 2. The number of carbonyl (C=O) groups is 1. The number of ether oxygens (including phenoxy) is 1. The van der Waals surface area contributed by atoms with Crippen LogP contribution in [0.5, 0.6) is 0 Å². The average Bonchev–Trinajstić information content (AvgIpc) is 2.69. The Bertz CT molecular complexity index is 768. The van der Waals surface area contributed by atoms with Crippen molar-refractivity contribution in [2.75, 3.05) is 18.5 Å². The third-order valence-electron chi connectivity index (χ3n) is 3.14. The van der Waals surface area contributed by atoms with E-state index in [9.17, 15) is 9.18 Å². The van der Waals surface area contributed by atoms with Crippen molar-refractivity contribution in [3.05, 3.63) is 96.9 Å². The molecule has 0 radical (unpaired) electrons. The van der Waals surface area contributed by atoms with Gasteiger partial charge in [-0.25, -0.2) is 4.39 Å². The number of carbonyl (C=O) groups excluding carboxylic acids is 1. The summed E-state index contributed by atoms with van der Waals surface area (Å²) in [5.41, 5.74) is 2.33. The maximum absolute atomic E-state index is 13.1. The molecule has 0 aliphatic heterocycles. The monoisotopic (exact) mass is 403 g/mol. The molecule has 0 aliphatic carbocycles. The van der Waals surface area contributed by atoms with Gasteiger partial charge in [-0.3, -0.25) is 9.78 Å². The Morgan fingerprint density at radius 1 is 1.25 bits per heavy atom. The molecule has 1 heterocycles. The lowest BCUT2D eigenvalue weighted by molar-refractivity contribution is -0.124. The number of rotatable bonds is 10. The van der Waals surface area contributed by atoms with Gasteiger partial charge in [-0.05, 0) is 30.3 Å².